The molecule has 0 bridgehead atoms. The molecule has 0 saturated heterocycles. The van der Waals surface area contributed by atoms with Crippen LogP contribution < -0.4 is 0 Å². The molecule has 1 N–H and O–H groups in total. The van der Waals surface area contributed by atoms with E-state index in [-0.39, 0.29) is 11.1 Å². The summed E-state index contributed by atoms with van der Waals surface area (Å²) in [6.45, 7) is 3.78. The Labute approximate surface area is 184 Å². The number of rotatable bonds is 5. The number of nitrogens with zero attached hydrogens (tertiary/aromatic N) is 4. The molecule has 3 heterocycles. The van der Waals surface area contributed by atoms with Crippen molar-refractivity contribution in [1.29, 1.82) is 5.26 Å². The lowest BCUT2D eigenvalue weighted by atomic mass is 9.81. The van der Waals surface area contributed by atoms with Gasteiger partial charge in [-0.05, 0) is 56.0 Å². The van der Waals surface area contributed by atoms with Gasteiger partial charge >= 0.3 is 5.97 Å². The van der Waals surface area contributed by atoms with Crippen LogP contribution in [0.5, 0.6) is 0 Å². The highest BCUT2D eigenvalue weighted by atomic mass is 16.5. The molecule has 1 aliphatic carbocycles. The molecule has 1 aromatic carbocycles. The number of hydrogen-bond acceptors (Lipinski definition) is 5. The van der Waals surface area contributed by atoms with E-state index in [1.807, 2.05) is 30.7 Å². The number of pyridine rings is 1. The highest BCUT2D eigenvalue weighted by Crippen LogP contribution is 2.35. The van der Waals surface area contributed by atoms with E-state index in [0.29, 0.717) is 5.92 Å². The van der Waals surface area contributed by atoms with E-state index in [0.717, 1.165) is 51.3 Å². The zero-order valence-corrected chi connectivity index (χ0v) is 17.9. The average molecular weight is 426 g/mol. The summed E-state index contributed by atoms with van der Waals surface area (Å²) in [5.41, 5.74) is 6.48. The van der Waals surface area contributed by atoms with Crippen molar-refractivity contribution in [2.45, 2.75) is 39.5 Å². The Morgan fingerprint density at radius 2 is 2.12 bits per heavy atom. The molecule has 0 spiro atoms. The van der Waals surface area contributed by atoms with Crippen molar-refractivity contribution in [3.8, 4) is 22.9 Å². The van der Waals surface area contributed by atoms with Crippen LogP contribution in [-0.4, -0.2) is 25.8 Å². The molecule has 7 nitrogen and oxygen atoms in total. The van der Waals surface area contributed by atoms with E-state index in [4.69, 9.17) is 9.51 Å². The van der Waals surface area contributed by atoms with Crippen molar-refractivity contribution in [3.63, 3.8) is 0 Å². The predicted molar refractivity (Wildman–Crippen MR) is 119 cm³/mol. The number of nitriles is 1. The summed E-state index contributed by atoms with van der Waals surface area (Å²) in [5.74, 6) is 0.287. The number of aromatic nitrogens is 3. The molecule has 1 fully saturated rings. The van der Waals surface area contributed by atoms with E-state index in [2.05, 4.69) is 17.4 Å². The monoisotopic (exact) mass is 426 g/mol. The highest BCUT2D eigenvalue weighted by molar-refractivity contribution is 5.91. The summed E-state index contributed by atoms with van der Waals surface area (Å²) in [6, 6.07) is 8.92. The maximum absolute atomic E-state index is 11.5. The van der Waals surface area contributed by atoms with Crippen LogP contribution in [0.15, 0.2) is 41.2 Å². The van der Waals surface area contributed by atoms with Gasteiger partial charge < -0.3 is 14.2 Å². The Balaban J connectivity index is 1.71. The molecule has 160 valence electrons. The fourth-order valence-corrected chi connectivity index (χ4v) is 4.53. The third-order valence-corrected chi connectivity index (χ3v) is 6.40. The van der Waals surface area contributed by atoms with Gasteiger partial charge in [-0.25, -0.2) is 4.79 Å². The molecule has 1 saturated carbocycles. The van der Waals surface area contributed by atoms with Crippen LogP contribution >= 0.6 is 0 Å². The standard InChI is InChI=1S/C25H22N4O3/c1-14-23(15(2)32-28-14)18-10-22-24(27-12-18)19(8-16-4-3-5-16)13-29(22)20-6-7-21(25(30)31)17(9-20)11-26/h6-7,9-10,12-13,16H,3-5,8H2,1-2H3,(H,30,31). The molecule has 0 unspecified atom stereocenters. The van der Waals surface area contributed by atoms with Crippen LogP contribution in [0.2, 0.25) is 0 Å². The summed E-state index contributed by atoms with van der Waals surface area (Å²) in [6.07, 6.45) is 8.63. The van der Waals surface area contributed by atoms with Crippen molar-refractivity contribution < 1.29 is 14.4 Å². The van der Waals surface area contributed by atoms with E-state index >= 15 is 0 Å². The topological polar surface area (TPSA) is 105 Å². The first kappa shape index (κ1) is 20.0. The SMILES string of the molecule is Cc1noc(C)c1-c1cnc2c(CC3CCC3)cn(-c3ccc(C(=O)O)c(C#N)c3)c2c1. The van der Waals surface area contributed by atoms with Gasteiger partial charge in [0, 0.05) is 29.2 Å². The van der Waals surface area contributed by atoms with Crippen molar-refractivity contribution >= 4 is 17.0 Å². The van der Waals surface area contributed by atoms with Gasteiger partial charge in [0.15, 0.2) is 0 Å². The van der Waals surface area contributed by atoms with Crippen LogP contribution in [0.4, 0.5) is 0 Å². The predicted octanol–water partition coefficient (Wildman–Crippen LogP) is 5.21. The second-order valence-corrected chi connectivity index (χ2v) is 8.46. The van der Waals surface area contributed by atoms with Crippen LogP contribution in [-0.2, 0) is 6.42 Å². The van der Waals surface area contributed by atoms with E-state index in [1.165, 1.54) is 25.3 Å². The minimum absolute atomic E-state index is 0.00283. The number of carboxylic acids is 1. The molecular weight excluding hydrogens is 404 g/mol. The number of benzene rings is 1. The number of hydrogen-bond donors (Lipinski definition) is 1. The first-order valence-corrected chi connectivity index (χ1v) is 10.7. The average Bonchev–Trinajstić information content (AvgIpc) is 3.29. The number of carbonyl (C=O) groups is 1. The summed E-state index contributed by atoms with van der Waals surface area (Å²) in [4.78, 5) is 16.3. The maximum Gasteiger partial charge on any atom is 0.337 e. The molecule has 1 aliphatic rings. The van der Waals surface area contributed by atoms with Crippen LogP contribution in [0.1, 0.15) is 52.2 Å². The molecule has 5 rings (SSSR count). The fraction of sp³-hybridized carbons (Fsp3) is 0.280. The van der Waals surface area contributed by atoms with Crippen molar-refractivity contribution in [1.82, 2.24) is 14.7 Å². The van der Waals surface area contributed by atoms with E-state index in [9.17, 15) is 15.2 Å². The Morgan fingerprint density at radius 1 is 1.31 bits per heavy atom. The van der Waals surface area contributed by atoms with Gasteiger partial charge in [-0.3, -0.25) is 4.98 Å². The van der Waals surface area contributed by atoms with Crippen molar-refractivity contribution in [2.24, 2.45) is 5.92 Å². The minimum atomic E-state index is -1.11. The summed E-state index contributed by atoms with van der Waals surface area (Å²) < 4.78 is 7.35. The van der Waals surface area contributed by atoms with Gasteiger partial charge in [0.2, 0.25) is 0 Å². The third kappa shape index (κ3) is 3.25. The molecule has 0 atom stereocenters. The Hall–Kier alpha value is -3.92. The van der Waals surface area contributed by atoms with Gasteiger partial charge in [-0.15, -0.1) is 0 Å². The second-order valence-electron chi connectivity index (χ2n) is 8.46. The maximum atomic E-state index is 11.5. The number of fused-ring (bicyclic) bond motifs is 1. The smallest absolute Gasteiger partial charge is 0.337 e. The largest absolute Gasteiger partial charge is 0.478 e. The van der Waals surface area contributed by atoms with Gasteiger partial charge in [-0.2, -0.15) is 5.26 Å². The lowest BCUT2D eigenvalue weighted by Crippen LogP contribution is -2.13. The summed E-state index contributed by atoms with van der Waals surface area (Å²) in [7, 11) is 0. The molecule has 0 amide bonds. The quantitative estimate of drug-likeness (QED) is 0.470. The molecule has 0 aliphatic heterocycles. The molecular formula is C25H22N4O3. The first-order valence-electron chi connectivity index (χ1n) is 10.7. The van der Waals surface area contributed by atoms with Crippen LogP contribution in [0, 0.1) is 31.1 Å². The van der Waals surface area contributed by atoms with E-state index in [1.54, 1.807) is 12.1 Å². The van der Waals surface area contributed by atoms with Crippen molar-refractivity contribution in [2.75, 3.05) is 0 Å². The molecule has 7 heteroatoms. The molecule has 0 radical (unpaired) electrons. The normalized spacial score (nSPS) is 13.8. The molecule has 32 heavy (non-hydrogen) atoms. The lowest BCUT2D eigenvalue weighted by Gasteiger charge is -2.24. The summed E-state index contributed by atoms with van der Waals surface area (Å²) in [5, 5.41) is 22.9. The Bertz CT molecular complexity index is 1380. The fourth-order valence-electron chi connectivity index (χ4n) is 4.53. The highest BCUT2D eigenvalue weighted by Gasteiger charge is 2.22. The summed E-state index contributed by atoms with van der Waals surface area (Å²) >= 11 is 0. The first-order chi connectivity index (χ1) is 15.5. The number of aromatic carboxylic acids is 1. The van der Waals surface area contributed by atoms with Crippen LogP contribution in [0.3, 0.4) is 0 Å². The van der Waals surface area contributed by atoms with E-state index < -0.39 is 5.97 Å². The zero-order valence-electron chi connectivity index (χ0n) is 17.9. The van der Waals surface area contributed by atoms with Gasteiger partial charge in [0.1, 0.15) is 11.8 Å². The minimum Gasteiger partial charge on any atom is -0.478 e. The van der Waals surface area contributed by atoms with Gasteiger partial charge in [0.05, 0.1) is 27.9 Å². The Kier molecular flexibility index (Phi) is 4.78. The Morgan fingerprint density at radius 3 is 2.75 bits per heavy atom. The number of aryl methyl sites for hydroxylation is 2. The molecule has 3 aromatic heterocycles. The van der Waals surface area contributed by atoms with Gasteiger partial charge in [-0.1, -0.05) is 24.4 Å². The zero-order chi connectivity index (χ0) is 22.4. The van der Waals surface area contributed by atoms with Crippen LogP contribution in [0.25, 0.3) is 27.8 Å². The second kappa shape index (κ2) is 7.65. The number of carboxylic acid groups (broad SMARTS) is 1. The third-order valence-electron chi connectivity index (χ3n) is 6.40. The lowest BCUT2D eigenvalue weighted by molar-refractivity contribution is 0.0696. The van der Waals surface area contributed by atoms with Gasteiger partial charge in [0.25, 0.3) is 0 Å². The van der Waals surface area contributed by atoms with Crippen molar-refractivity contribution in [3.05, 3.63) is 64.8 Å². The molecule has 4 aromatic rings.